The van der Waals surface area contributed by atoms with E-state index in [1.54, 1.807) is 0 Å². The molecule has 2 heterocycles. The van der Waals surface area contributed by atoms with E-state index in [1.165, 1.54) is 6.42 Å². The Kier molecular flexibility index (Phi) is 4.03. The van der Waals surface area contributed by atoms with E-state index in [4.69, 9.17) is 4.74 Å². The number of carbonyl (C=O) groups excluding carboxylic acids is 1. The van der Waals surface area contributed by atoms with Crippen molar-refractivity contribution in [3.05, 3.63) is 0 Å². The number of hydrazine groups is 1. The molecule has 0 aromatic heterocycles. The number of aliphatic carboxylic acids is 1. The number of ether oxygens (including phenoxy) is 1. The molecule has 0 aromatic carbocycles. The molecule has 0 aliphatic carbocycles. The standard InChI is InChI=1S/C11H19N3O4/c15-9(16)11(4-7-18-8-11)12-10(17)13-14-5-2-1-3-6-14/h1-8H2,(H,15,16)(H2,12,13,17). The van der Waals surface area contributed by atoms with Gasteiger partial charge in [0, 0.05) is 26.1 Å². The van der Waals surface area contributed by atoms with E-state index >= 15 is 0 Å². The summed E-state index contributed by atoms with van der Waals surface area (Å²) >= 11 is 0. The third-order valence-electron chi connectivity index (χ3n) is 3.40. The fourth-order valence-electron chi connectivity index (χ4n) is 2.28. The molecule has 7 nitrogen and oxygen atoms in total. The summed E-state index contributed by atoms with van der Waals surface area (Å²) in [6.45, 7) is 2.00. The van der Waals surface area contributed by atoms with E-state index in [2.05, 4.69) is 10.7 Å². The van der Waals surface area contributed by atoms with Crippen LogP contribution in [0.5, 0.6) is 0 Å². The number of amides is 2. The van der Waals surface area contributed by atoms with E-state index in [-0.39, 0.29) is 6.61 Å². The lowest BCUT2D eigenvalue weighted by molar-refractivity contribution is -0.144. The van der Waals surface area contributed by atoms with Gasteiger partial charge in [0.25, 0.3) is 0 Å². The molecule has 2 aliphatic rings. The molecule has 0 aromatic rings. The molecule has 0 spiro atoms. The van der Waals surface area contributed by atoms with Gasteiger partial charge >= 0.3 is 12.0 Å². The summed E-state index contributed by atoms with van der Waals surface area (Å²) in [5, 5.41) is 13.5. The summed E-state index contributed by atoms with van der Waals surface area (Å²) in [7, 11) is 0. The van der Waals surface area contributed by atoms with E-state index in [1.807, 2.05) is 5.01 Å². The summed E-state index contributed by atoms with van der Waals surface area (Å²) < 4.78 is 5.08. The molecule has 1 unspecified atom stereocenters. The number of urea groups is 1. The summed E-state index contributed by atoms with van der Waals surface area (Å²) in [6, 6.07) is -0.468. The van der Waals surface area contributed by atoms with Gasteiger partial charge in [0.05, 0.1) is 6.61 Å². The summed E-state index contributed by atoms with van der Waals surface area (Å²) in [6.07, 6.45) is 3.57. The van der Waals surface area contributed by atoms with Gasteiger partial charge in [0.15, 0.2) is 5.54 Å². The van der Waals surface area contributed by atoms with Crippen LogP contribution >= 0.6 is 0 Å². The minimum absolute atomic E-state index is 0.0236. The molecule has 0 bridgehead atoms. The highest BCUT2D eigenvalue weighted by atomic mass is 16.5. The number of hydrogen-bond donors (Lipinski definition) is 3. The van der Waals surface area contributed by atoms with Gasteiger partial charge in [-0.1, -0.05) is 6.42 Å². The number of rotatable bonds is 3. The Bertz CT molecular complexity index is 322. The zero-order chi connectivity index (χ0) is 13.0. The van der Waals surface area contributed by atoms with E-state index in [9.17, 15) is 14.7 Å². The maximum atomic E-state index is 11.8. The Balaban J connectivity index is 1.87. The van der Waals surface area contributed by atoms with Crippen LogP contribution in [0.15, 0.2) is 0 Å². The Morgan fingerprint density at radius 3 is 2.50 bits per heavy atom. The molecule has 2 amide bonds. The third kappa shape index (κ3) is 2.91. The molecule has 7 heteroatoms. The number of carbonyl (C=O) groups is 2. The highest BCUT2D eigenvalue weighted by Crippen LogP contribution is 2.18. The molecule has 0 radical (unpaired) electrons. The van der Waals surface area contributed by atoms with Crippen LogP contribution in [0, 0.1) is 0 Å². The Labute approximate surface area is 105 Å². The van der Waals surface area contributed by atoms with Crippen LogP contribution in [0.3, 0.4) is 0 Å². The number of nitrogens with zero attached hydrogens (tertiary/aromatic N) is 1. The van der Waals surface area contributed by atoms with Crippen LogP contribution in [-0.2, 0) is 9.53 Å². The van der Waals surface area contributed by atoms with Gasteiger partial charge in [-0.05, 0) is 12.8 Å². The summed E-state index contributed by atoms with van der Waals surface area (Å²) in [5.74, 6) is -1.05. The maximum Gasteiger partial charge on any atom is 0.332 e. The van der Waals surface area contributed by atoms with Gasteiger partial charge in [-0.3, -0.25) is 5.43 Å². The first-order valence-electron chi connectivity index (χ1n) is 6.27. The van der Waals surface area contributed by atoms with Crippen LogP contribution < -0.4 is 10.7 Å². The van der Waals surface area contributed by atoms with Gasteiger partial charge in [-0.15, -0.1) is 0 Å². The number of carboxylic acid groups (broad SMARTS) is 1. The topological polar surface area (TPSA) is 90.9 Å². The first kappa shape index (κ1) is 13.1. The Hall–Kier alpha value is -1.34. The highest BCUT2D eigenvalue weighted by molar-refractivity contribution is 5.86. The van der Waals surface area contributed by atoms with Crippen LogP contribution in [0.1, 0.15) is 25.7 Å². The van der Waals surface area contributed by atoms with Crippen molar-refractivity contribution < 1.29 is 19.4 Å². The molecule has 102 valence electrons. The summed E-state index contributed by atoms with van der Waals surface area (Å²) in [4.78, 5) is 23.0. The molecular weight excluding hydrogens is 238 g/mol. The van der Waals surface area contributed by atoms with Crippen molar-refractivity contribution in [2.75, 3.05) is 26.3 Å². The molecular formula is C11H19N3O4. The van der Waals surface area contributed by atoms with Gasteiger partial charge < -0.3 is 15.2 Å². The maximum absolute atomic E-state index is 11.8. The minimum Gasteiger partial charge on any atom is -0.479 e. The monoisotopic (exact) mass is 257 g/mol. The van der Waals surface area contributed by atoms with Crippen molar-refractivity contribution in [1.29, 1.82) is 0 Å². The van der Waals surface area contributed by atoms with Crippen molar-refractivity contribution >= 4 is 12.0 Å². The zero-order valence-corrected chi connectivity index (χ0v) is 10.3. The SMILES string of the molecule is O=C(NN1CCCCC1)NC1(C(=O)O)CCOC1. The van der Waals surface area contributed by atoms with E-state index in [0.29, 0.717) is 13.0 Å². The molecule has 18 heavy (non-hydrogen) atoms. The van der Waals surface area contributed by atoms with Crippen LogP contribution in [-0.4, -0.2) is 54.0 Å². The van der Waals surface area contributed by atoms with Crippen molar-refractivity contribution in [1.82, 2.24) is 15.8 Å². The van der Waals surface area contributed by atoms with Gasteiger partial charge in [0.2, 0.25) is 0 Å². The molecule has 2 aliphatic heterocycles. The zero-order valence-electron chi connectivity index (χ0n) is 10.3. The molecule has 0 saturated carbocycles. The first-order valence-corrected chi connectivity index (χ1v) is 6.27. The average molecular weight is 257 g/mol. The van der Waals surface area contributed by atoms with Crippen molar-refractivity contribution in [3.8, 4) is 0 Å². The molecule has 2 saturated heterocycles. The highest BCUT2D eigenvalue weighted by Gasteiger charge is 2.44. The predicted molar refractivity (Wildman–Crippen MR) is 62.9 cm³/mol. The Morgan fingerprint density at radius 1 is 1.22 bits per heavy atom. The second kappa shape index (κ2) is 5.53. The quantitative estimate of drug-likeness (QED) is 0.658. The lowest BCUT2D eigenvalue weighted by atomic mass is 9.99. The van der Waals surface area contributed by atoms with E-state index < -0.39 is 17.5 Å². The fraction of sp³-hybridized carbons (Fsp3) is 0.818. The second-order valence-electron chi connectivity index (χ2n) is 4.80. The van der Waals surface area contributed by atoms with Gasteiger partial charge in [-0.2, -0.15) is 0 Å². The minimum atomic E-state index is -1.28. The van der Waals surface area contributed by atoms with Crippen molar-refractivity contribution in [3.63, 3.8) is 0 Å². The first-order chi connectivity index (χ1) is 8.62. The number of nitrogens with one attached hydrogen (secondary N) is 2. The van der Waals surface area contributed by atoms with Gasteiger partial charge in [-0.25, -0.2) is 14.6 Å². The molecule has 2 fully saturated rings. The summed E-state index contributed by atoms with van der Waals surface area (Å²) in [5.41, 5.74) is 1.41. The van der Waals surface area contributed by atoms with E-state index in [0.717, 1.165) is 25.9 Å². The number of carboxylic acids is 1. The number of hydrogen-bond acceptors (Lipinski definition) is 4. The lowest BCUT2D eigenvalue weighted by Gasteiger charge is -2.29. The predicted octanol–water partition coefficient (Wildman–Crippen LogP) is -0.0698. The molecule has 2 rings (SSSR count). The molecule has 3 N–H and O–H groups in total. The Morgan fingerprint density at radius 2 is 1.94 bits per heavy atom. The average Bonchev–Trinajstić information content (AvgIpc) is 2.80. The fourth-order valence-corrected chi connectivity index (χ4v) is 2.28. The lowest BCUT2D eigenvalue weighted by Crippen LogP contribution is -2.60. The normalized spacial score (nSPS) is 28.9. The van der Waals surface area contributed by atoms with Gasteiger partial charge in [0.1, 0.15) is 0 Å². The second-order valence-corrected chi connectivity index (χ2v) is 4.80. The van der Waals surface area contributed by atoms with Crippen LogP contribution in [0.2, 0.25) is 0 Å². The molecule has 1 atom stereocenters. The van der Waals surface area contributed by atoms with Crippen molar-refractivity contribution in [2.24, 2.45) is 0 Å². The smallest absolute Gasteiger partial charge is 0.332 e. The van der Waals surface area contributed by atoms with Crippen molar-refractivity contribution in [2.45, 2.75) is 31.2 Å². The largest absolute Gasteiger partial charge is 0.479 e. The number of piperidine rings is 1. The van der Waals surface area contributed by atoms with Crippen LogP contribution in [0.4, 0.5) is 4.79 Å². The van der Waals surface area contributed by atoms with Crippen LogP contribution in [0.25, 0.3) is 0 Å². The third-order valence-corrected chi connectivity index (χ3v) is 3.40.